The van der Waals surface area contributed by atoms with Gasteiger partial charge in [-0.25, -0.2) is 9.59 Å². The van der Waals surface area contributed by atoms with Gasteiger partial charge in [-0.2, -0.15) is 0 Å². The molecule has 2 heterocycles. The molecule has 0 aliphatic carbocycles. The summed E-state index contributed by atoms with van der Waals surface area (Å²) in [5.41, 5.74) is 3.23. The zero-order valence-electron chi connectivity index (χ0n) is 14.6. The summed E-state index contributed by atoms with van der Waals surface area (Å²) in [5, 5.41) is 0. The molecule has 1 amide bonds. The number of hydrogen-bond acceptors (Lipinski definition) is 5. The maximum atomic E-state index is 12.2. The van der Waals surface area contributed by atoms with Gasteiger partial charge >= 0.3 is 12.1 Å². The van der Waals surface area contributed by atoms with Crippen molar-refractivity contribution < 1.29 is 19.1 Å². The number of esters is 1. The Morgan fingerprint density at radius 1 is 1.15 bits per heavy atom. The Balaban J connectivity index is 1.56. The molecule has 0 spiro atoms. The van der Waals surface area contributed by atoms with E-state index in [1.54, 1.807) is 17.0 Å². The molecule has 3 rings (SSSR count). The summed E-state index contributed by atoms with van der Waals surface area (Å²) in [6.45, 7) is 1.31. The van der Waals surface area contributed by atoms with Gasteiger partial charge in [0.25, 0.3) is 0 Å². The predicted octanol–water partition coefficient (Wildman–Crippen LogP) is 3.29. The van der Waals surface area contributed by atoms with Crippen molar-refractivity contribution in [3.05, 3.63) is 71.6 Å². The lowest BCUT2D eigenvalue weighted by atomic mass is 10.0. The third kappa shape index (κ3) is 4.27. The van der Waals surface area contributed by atoms with E-state index in [1.165, 1.54) is 13.3 Å². The van der Waals surface area contributed by atoms with Crippen LogP contribution in [0.3, 0.4) is 0 Å². The Hall–Kier alpha value is -3.15. The lowest BCUT2D eigenvalue weighted by Gasteiger charge is -2.25. The maximum absolute atomic E-state index is 12.2. The first kappa shape index (κ1) is 17.7. The number of amides is 1. The number of ether oxygens (including phenoxy) is 2. The van der Waals surface area contributed by atoms with Gasteiger partial charge in [-0.3, -0.25) is 4.98 Å². The molecule has 0 fully saturated rings. The first-order chi connectivity index (χ1) is 12.7. The van der Waals surface area contributed by atoms with Crippen molar-refractivity contribution in [2.45, 2.75) is 13.0 Å². The van der Waals surface area contributed by atoms with E-state index < -0.39 is 5.97 Å². The zero-order chi connectivity index (χ0) is 18.4. The van der Waals surface area contributed by atoms with E-state index >= 15 is 0 Å². The Morgan fingerprint density at radius 2 is 1.96 bits per heavy atom. The molecule has 0 saturated heterocycles. The molecule has 1 aliphatic heterocycles. The molecule has 1 aromatic heterocycles. The van der Waals surface area contributed by atoms with Gasteiger partial charge in [-0.15, -0.1) is 0 Å². The Bertz CT molecular complexity index is 800. The molecule has 0 saturated carbocycles. The number of nitrogens with zero attached hydrogens (tertiary/aromatic N) is 2. The number of pyridine rings is 1. The number of methoxy groups -OCH3 is 1. The minimum Gasteiger partial charge on any atom is -0.465 e. The fourth-order valence-electron chi connectivity index (χ4n) is 2.70. The average molecular weight is 352 g/mol. The molecule has 6 nitrogen and oxygen atoms in total. The van der Waals surface area contributed by atoms with E-state index in [0.717, 1.165) is 16.8 Å². The standard InChI is InChI=1S/C20H20N2O4/c1-25-19(23)17-7-8-18(21-13-17)16-9-11-22(12-10-16)20(24)26-14-15-5-3-2-4-6-15/h2-9,13H,10-12,14H2,1H3. The van der Waals surface area contributed by atoms with Gasteiger partial charge in [0.1, 0.15) is 6.61 Å². The number of rotatable bonds is 4. The van der Waals surface area contributed by atoms with Crippen molar-refractivity contribution in [2.75, 3.05) is 20.2 Å². The van der Waals surface area contributed by atoms with Crippen molar-refractivity contribution in [1.82, 2.24) is 9.88 Å². The average Bonchev–Trinajstić information content (AvgIpc) is 2.72. The van der Waals surface area contributed by atoms with Crippen LogP contribution in [-0.4, -0.2) is 42.1 Å². The maximum Gasteiger partial charge on any atom is 0.410 e. The number of carbonyl (C=O) groups excluding carboxylic acids is 2. The van der Waals surface area contributed by atoms with E-state index in [9.17, 15) is 9.59 Å². The summed E-state index contributed by atoms with van der Waals surface area (Å²) in [7, 11) is 1.34. The van der Waals surface area contributed by atoms with Crippen molar-refractivity contribution in [3.8, 4) is 0 Å². The molecule has 0 atom stereocenters. The van der Waals surface area contributed by atoms with Crippen molar-refractivity contribution >= 4 is 17.6 Å². The summed E-state index contributed by atoms with van der Waals surface area (Å²) < 4.78 is 10.0. The Labute approximate surface area is 152 Å². The van der Waals surface area contributed by atoms with Crippen LogP contribution < -0.4 is 0 Å². The van der Waals surface area contributed by atoms with Crippen molar-refractivity contribution in [2.24, 2.45) is 0 Å². The topological polar surface area (TPSA) is 68.7 Å². The molecule has 134 valence electrons. The molecule has 0 bridgehead atoms. The largest absolute Gasteiger partial charge is 0.465 e. The summed E-state index contributed by atoms with van der Waals surface area (Å²) in [6.07, 6.45) is 3.83. The van der Waals surface area contributed by atoms with E-state index in [0.29, 0.717) is 25.1 Å². The van der Waals surface area contributed by atoms with Crippen LogP contribution in [0.5, 0.6) is 0 Å². The SMILES string of the molecule is COC(=O)c1ccc(C2=CCN(C(=O)OCc3ccccc3)CC2)nc1. The summed E-state index contributed by atoms with van der Waals surface area (Å²) >= 11 is 0. The van der Waals surface area contributed by atoms with E-state index in [4.69, 9.17) is 4.74 Å². The van der Waals surface area contributed by atoms with Gasteiger partial charge in [0.15, 0.2) is 0 Å². The lowest BCUT2D eigenvalue weighted by Crippen LogP contribution is -2.35. The molecule has 1 aliphatic rings. The highest BCUT2D eigenvalue weighted by atomic mass is 16.6. The van der Waals surface area contributed by atoms with E-state index in [2.05, 4.69) is 9.72 Å². The van der Waals surface area contributed by atoms with Gasteiger partial charge in [0, 0.05) is 19.3 Å². The van der Waals surface area contributed by atoms with Crippen molar-refractivity contribution in [3.63, 3.8) is 0 Å². The molecule has 0 N–H and O–H groups in total. The smallest absolute Gasteiger partial charge is 0.410 e. The first-order valence-corrected chi connectivity index (χ1v) is 8.37. The second-order valence-corrected chi connectivity index (χ2v) is 5.89. The second-order valence-electron chi connectivity index (χ2n) is 5.89. The fourth-order valence-corrected chi connectivity index (χ4v) is 2.70. The van der Waals surface area contributed by atoms with Gasteiger partial charge in [-0.05, 0) is 29.7 Å². The highest BCUT2D eigenvalue weighted by Crippen LogP contribution is 2.21. The number of benzene rings is 1. The minimum absolute atomic E-state index is 0.267. The highest BCUT2D eigenvalue weighted by Gasteiger charge is 2.20. The molecule has 1 aromatic carbocycles. The van der Waals surface area contributed by atoms with Crippen LogP contribution in [-0.2, 0) is 16.1 Å². The normalized spacial score (nSPS) is 13.7. The van der Waals surface area contributed by atoms with Gasteiger partial charge in [0.2, 0.25) is 0 Å². The Kier molecular flexibility index (Phi) is 5.63. The van der Waals surface area contributed by atoms with Gasteiger partial charge in [-0.1, -0.05) is 36.4 Å². The summed E-state index contributed by atoms with van der Waals surface area (Å²) in [5.74, 6) is -0.408. The summed E-state index contributed by atoms with van der Waals surface area (Å²) in [6, 6.07) is 13.1. The third-order valence-corrected chi connectivity index (χ3v) is 4.19. The van der Waals surface area contributed by atoms with Crippen LogP contribution in [0.25, 0.3) is 5.57 Å². The molecule has 26 heavy (non-hydrogen) atoms. The van der Waals surface area contributed by atoms with Crippen LogP contribution in [0.1, 0.15) is 28.0 Å². The third-order valence-electron chi connectivity index (χ3n) is 4.19. The number of aromatic nitrogens is 1. The van der Waals surface area contributed by atoms with E-state index in [-0.39, 0.29) is 12.7 Å². The molecular formula is C20H20N2O4. The van der Waals surface area contributed by atoms with Crippen LogP contribution in [0.4, 0.5) is 4.79 Å². The van der Waals surface area contributed by atoms with Gasteiger partial charge in [0.05, 0.1) is 18.4 Å². The minimum atomic E-state index is -0.408. The molecule has 0 radical (unpaired) electrons. The molecule has 0 unspecified atom stereocenters. The first-order valence-electron chi connectivity index (χ1n) is 8.37. The van der Waals surface area contributed by atoms with Crippen LogP contribution in [0.15, 0.2) is 54.7 Å². The van der Waals surface area contributed by atoms with Crippen LogP contribution in [0, 0.1) is 0 Å². The molecule has 2 aromatic rings. The zero-order valence-corrected chi connectivity index (χ0v) is 14.6. The van der Waals surface area contributed by atoms with E-state index in [1.807, 2.05) is 36.4 Å². The van der Waals surface area contributed by atoms with Crippen LogP contribution >= 0.6 is 0 Å². The summed E-state index contributed by atoms with van der Waals surface area (Å²) in [4.78, 5) is 29.6. The second kappa shape index (κ2) is 8.29. The highest BCUT2D eigenvalue weighted by molar-refractivity contribution is 5.89. The molecule has 6 heteroatoms. The lowest BCUT2D eigenvalue weighted by molar-refractivity contribution is 0.0600. The van der Waals surface area contributed by atoms with Gasteiger partial charge < -0.3 is 14.4 Å². The molecular weight excluding hydrogens is 332 g/mol. The predicted molar refractivity (Wildman–Crippen MR) is 96.4 cm³/mol. The van der Waals surface area contributed by atoms with Crippen LogP contribution in [0.2, 0.25) is 0 Å². The number of hydrogen-bond donors (Lipinski definition) is 0. The monoisotopic (exact) mass is 352 g/mol. The number of carbonyl (C=O) groups is 2. The Morgan fingerprint density at radius 3 is 2.58 bits per heavy atom. The fraction of sp³-hybridized carbons (Fsp3) is 0.250. The quantitative estimate of drug-likeness (QED) is 0.790. The van der Waals surface area contributed by atoms with Crippen molar-refractivity contribution in [1.29, 1.82) is 0 Å².